The van der Waals surface area contributed by atoms with Gasteiger partial charge >= 0.3 is 11.7 Å². The van der Waals surface area contributed by atoms with Crippen molar-refractivity contribution in [2.45, 2.75) is 24.3 Å². The van der Waals surface area contributed by atoms with Gasteiger partial charge in [-0.3, -0.25) is 19.1 Å². The van der Waals surface area contributed by atoms with Crippen LogP contribution < -0.4 is 4.74 Å². The van der Waals surface area contributed by atoms with Gasteiger partial charge in [0.15, 0.2) is 5.75 Å². The van der Waals surface area contributed by atoms with Gasteiger partial charge in [0.1, 0.15) is 0 Å². The minimum Gasteiger partial charge on any atom is -0.490 e. The predicted octanol–water partition coefficient (Wildman–Crippen LogP) is 1.72. The summed E-state index contributed by atoms with van der Waals surface area (Å²) in [5.41, 5.74) is 0.306. The van der Waals surface area contributed by atoms with Gasteiger partial charge in [-0.25, -0.2) is 0 Å². The van der Waals surface area contributed by atoms with Crippen LogP contribution >= 0.6 is 0 Å². The van der Waals surface area contributed by atoms with Crippen molar-refractivity contribution >= 4 is 22.5 Å². The van der Waals surface area contributed by atoms with E-state index in [1.54, 1.807) is 13.0 Å². The molecule has 0 saturated carbocycles. The summed E-state index contributed by atoms with van der Waals surface area (Å²) in [5.74, 6) is -0.825. The Kier molecular flexibility index (Phi) is 5.63. The van der Waals surface area contributed by atoms with Crippen LogP contribution in [0.15, 0.2) is 18.2 Å². The normalized spacial score (nSPS) is 13.5. The fourth-order valence-electron chi connectivity index (χ4n) is 1.61. The minimum atomic E-state index is -1.41. The number of nitro benzene ring substituents is 1. The molecular weight excluding hydrogens is 286 g/mol. The molecule has 0 aliphatic heterocycles. The highest BCUT2D eigenvalue weighted by Gasteiger charge is 2.19. The summed E-state index contributed by atoms with van der Waals surface area (Å²) in [4.78, 5) is 20.8. The maximum Gasteiger partial charge on any atom is 0.311 e. The molecule has 8 heteroatoms. The number of rotatable bonds is 7. The molecular formula is C12H15NO6S. The lowest BCUT2D eigenvalue weighted by Gasteiger charge is -2.09. The van der Waals surface area contributed by atoms with Gasteiger partial charge in [-0.15, -0.1) is 0 Å². The Hall–Kier alpha value is -1.96. The summed E-state index contributed by atoms with van der Waals surface area (Å²) in [6.45, 7) is 1.57. The average Bonchev–Trinajstić information content (AvgIpc) is 2.37. The highest BCUT2D eigenvalue weighted by Crippen LogP contribution is 2.28. The van der Waals surface area contributed by atoms with Crippen LogP contribution in [0.4, 0.5) is 5.69 Å². The lowest BCUT2D eigenvalue weighted by Crippen LogP contribution is -2.17. The van der Waals surface area contributed by atoms with Crippen LogP contribution in [-0.4, -0.2) is 32.6 Å². The molecule has 0 fully saturated rings. The monoisotopic (exact) mass is 301 g/mol. The third kappa shape index (κ3) is 4.30. The molecule has 1 N–H and O–H groups in total. The first-order valence-electron chi connectivity index (χ1n) is 5.75. The van der Waals surface area contributed by atoms with Gasteiger partial charge < -0.3 is 9.84 Å². The van der Waals surface area contributed by atoms with Crippen LogP contribution in [0.3, 0.4) is 0 Å². The van der Waals surface area contributed by atoms with Crippen molar-refractivity contribution in [1.82, 2.24) is 0 Å². The molecule has 0 aromatic heterocycles. The molecule has 7 nitrogen and oxygen atoms in total. The van der Waals surface area contributed by atoms with Crippen molar-refractivity contribution in [1.29, 1.82) is 0 Å². The first-order chi connectivity index (χ1) is 9.35. The molecule has 110 valence electrons. The minimum absolute atomic E-state index is 0.0687. The molecule has 0 heterocycles. The van der Waals surface area contributed by atoms with E-state index < -0.39 is 26.9 Å². The number of ether oxygens (including phenoxy) is 1. The molecule has 0 amide bonds. The first kappa shape index (κ1) is 16.1. The van der Waals surface area contributed by atoms with Gasteiger partial charge in [0.05, 0.1) is 18.5 Å². The lowest BCUT2D eigenvalue weighted by molar-refractivity contribution is -0.385. The molecule has 1 aromatic carbocycles. The maximum atomic E-state index is 11.9. The fourth-order valence-corrected chi connectivity index (χ4v) is 2.73. The second kappa shape index (κ2) is 6.99. The smallest absolute Gasteiger partial charge is 0.311 e. The number of carbonyl (C=O) groups is 1. The van der Waals surface area contributed by atoms with Crippen molar-refractivity contribution in [3.05, 3.63) is 33.9 Å². The number of nitrogens with zero attached hydrogens (tertiary/aromatic N) is 1. The second-order valence-corrected chi connectivity index (χ2v) is 6.05. The summed E-state index contributed by atoms with van der Waals surface area (Å²) >= 11 is 0. The summed E-state index contributed by atoms with van der Waals surface area (Å²) in [6.07, 6.45) is -0.204. The Morgan fingerprint density at radius 2 is 2.20 bits per heavy atom. The molecule has 2 atom stereocenters. The van der Waals surface area contributed by atoms with E-state index in [4.69, 9.17) is 9.84 Å². The number of methoxy groups -OCH3 is 1. The summed E-state index contributed by atoms with van der Waals surface area (Å²) in [6, 6.07) is 4.31. The van der Waals surface area contributed by atoms with E-state index in [0.717, 1.165) is 0 Å². The molecule has 0 radical (unpaired) electrons. The summed E-state index contributed by atoms with van der Waals surface area (Å²) < 4.78 is 16.8. The van der Waals surface area contributed by atoms with Gasteiger partial charge in [-0.1, -0.05) is 13.0 Å². The fraction of sp³-hybridized carbons (Fsp3) is 0.417. The SMILES string of the molecule is COc1ccc(CS(=O)C(C)CC(=O)O)cc1[N+](=O)[O-]. The van der Waals surface area contributed by atoms with E-state index >= 15 is 0 Å². The van der Waals surface area contributed by atoms with Crippen LogP contribution in [0.5, 0.6) is 5.75 Å². The van der Waals surface area contributed by atoms with Crippen molar-refractivity contribution < 1.29 is 23.8 Å². The van der Waals surface area contributed by atoms with E-state index in [-0.39, 0.29) is 23.6 Å². The number of carboxylic acid groups (broad SMARTS) is 1. The molecule has 20 heavy (non-hydrogen) atoms. The molecule has 1 rings (SSSR count). The zero-order valence-corrected chi connectivity index (χ0v) is 11.9. The molecule has 0 bridgehead atoms. The number of nitro groups is 1. The average molecular weight is 301 g/mol. The van der Waals surface area contributed by atoms with Crippen molar-refractivity contribution in [3.63, 3.8) is 0 Å². The van der Waals surface area contributed by atoms with Gasteiger partial charge in [0.2, 0.25) is 0 Å². The van der Waals surface area contributed by atoms with E-state index in [1.165, 1.54) is 19.2 Å². The quantitative estimate of drug-likeness (QED) is 0.607. The van der Waals surface area contributed by atoms with Crippen molar-refractivity contribution in [2.75, 3.05) is 7.11 Å². The molecule has 0 saturated heterocycles. The Labute approximate surface area is 118 Å². The van der Waals surface area contributed by atoms with Gasteiger partial charge in [0, 0.05) is 27.9 Å². The maximum absolute atomic E-state index is 11.9. The number of carboxylic acids is 1. The van der Waals surface area contributed by atoms with E-state index in [9.17, 15) is 19.1 Å². The molecule has 1 aromatic rings. The summed E-state index contributed by atoms with van der Waals surface area (Å²) in [7, 11) is -0.0822. The number of benzene rings is 1. The van der Waals surface area contributed by atoms with Crippen LogP contribution in [0.2, 0.25) is 0 Å². The van der Waals surface area contributed by atoms with Crippen LogP contribution in [0, 0.1) is 10.1 Å². The first-order valence-corrected chi connectivity index (χ1v) is 7.13. The third-order valence-electron chi connectivity index (χ3n) is 2.66. The van der Waals surface area contributed by atoms with E-state index in [1.807, 2.05) is 0 Å². The molecule has 0 spiro atoms. The van der Waals surface area contributed by atoms with Gasteiger partial charge in [-0.05, 0) is 11.6 Å². The van der Waals surface area contributed by atoms with Gasteiger partial charge in [0.25, 0.3) is 0 Å². The summed E-state index contributed by atoms with van der Waals surface area (Å²) in [5, 5.41) is 19.0. The second-order valence-electron chi connectivity index (χ2n) is 4.20. The largest absolute Gasteiger partial charge is 0.490 e. The Bertz CT molecular complexity index is 545. The predicted molar refractivity (Wildman–Crippen MR) is 73.2 cm³/mol. The zero-order chi connectivity index (χ0) is 15.3. The van der Waals surface area contributed by atoms with E-state index in [2.05, 4.69) is 0 Å². The van der Waals surface area contributed by atoms with Crippen LogP contribution in [0.25, 0.3) is 0 Å². The highest BCUT2D eigenvalue weighted by atomic mass is 32.2. The van der Waals surface area contributed by atoms with Crippen molar-refractivity contribution in [3.8, 4) is 5.75 Å². The number of aliphatic carboxylic acids is 1. The number of hydrogen-bond acceptors (Lipinski definition) is 5. The van der Waals surface area contributed by atoms with Crippen LogP contribution in [-0.2, 0) is 21.3 Å². The lowest BCUT2D eigenvalue weighted by atomic mass is 10.2. The zero-order valence-electron chi connectivity index (χ0n) is 11.1. The Morgan fingerprint density at radius 1 is 1.55 bits per heavy atom. The number of hydrogen-bond donors (Lipinski definition) is 1. The van der Waals surface area contributed by atoms with Crippen molar-refractivity contribution in [2.24, 2.45) is 0 Å². The van der Waals surface area contributed by atoms with Crippen LogP contribution in [0.1, 0.15) is 18.9 Å². The Morgan fingerprint density at radius 3 is 2.70 bits per heavy atom. The molecule has 0 aliphatic rings. The highest BCUT2D eigenvalue weighted by molar-refractivity contribution is 7.84. The molecule has 0 aliphatic carbocycles. The molecule has 2 unspecified atom stereocenters. The topological polar surface area (TPSA) is 107 Å². The third-order valence-corrected chi connectivity index (χ3v) is 4.34. The standard InChI is InChI=1S/C12H15NO6S/c1-8(5-12(14)15)20(18)7-9-3-4-11(19-2)10(6-9)13(16)17/h3-4,6,8H,5,7H2,1-2H3,(H,14,15). The Balaban J connectivity index is 2.88. The van der Waals surface area contributed by atoms with Gasteiger partial charge in [-0.2, -0.15) is 0 Å². The van der Waals surface area contributed by atoms with E-state index in [0.29, 0.717) is 5.56 Å².